The van der Waals surface area contributed by atoms with Gasteiger partial charge in [-0.2, -0.15) is 0 Å². The number of unbranched alkanes of at least 4 members (excludes halogenated alkanes) is 19. The molecule has 0 aromatic carbocycles. The van der Waals surface area contributed by atoms with E-state index in [9.17, 15) is 4.79 Å². The summed E-state index contributed by atoms with van der Waals surface area (Å²) >= 11 is 0. The fourth-order valence-electron chi connectivity index (χ4n) is 3.76. The third-order valence-corrected chi connectivity index (χ3v) is 5.65. The molecule has 0 heterocycles. The second kappa shape index (κ2) is 24.2. The Morgan fingerprint density at radius 2 is 0.857 bits per heavy atom. The lowest BCUT2D eigenvalue weighted by atomic mass is 10.0. The van der Waals surface area contributed by atoms with Gasteiger partial charge in [0, 0.05) is 6.42 Å². The number of allylic oxidation sites excluding steroid dienone is 2. The van der Waals surface area contributed by atoms with E-state index in [-0.39, 0.29) is 0 Å². The quantitative estimate of drug-likeness (QED) is 0.138. The average Bonchev–Trinajstić information content (AvgIpc) is 2.68. The number of carboxylic acids is 1. The van der Waals surface area contributed by atoms with Gasteiger partial charge in [0.2, 0.25) is 0 Å². The van der Waals surface area contributed by atoms with Crippen LogP contribution in [0, 0.1) is 0 Å². The fourth-order valence-corrected chi connectivity index (χ4v) is 3.76. The van der Waals surface area contributed by atoms with Gasteiger partial charge < -0.3 is 5.11 Å². The maximum absolute atomic E-state index is 10.4. The van der Waals surface area contributed by atoms with Crippen molar-refractivity contribution in [3.8, 4) is 0 Å². The monoisotopic (exact) mass is 394 g/mol. The van der Waals surface area contributed by atoms with Gasteiger partial charge in [0.15, 0.2) is 0 Å². The zero-order valence-corrected chi connectivity index (χ0v) is 19.1. The number of carbonyl (C=O) groups is 1. The van der Waals surface area contributed by atoms with Crippen LogP contribution in [0.3, 0.4) is 0 Å². The minimum Gasteiger partial charge on any atom is -0.481 e. The molecule has 1 N–H and O–H groups in total. The molecule has 0 aliphatic rings. The Morgan fingerprint density at radius 3 is 1.21 bits per heavy atom. The molecule has 0 aromatic rings. The van der Waals surface area contributed by atoms with Gasteiger partial charge in [-0.15, -0.1) is 0 Å². The largest absolute Gasteiger partial charge is 0.481 e. The van der Waals surface area contributed by atoms with Crippen LogP contribution < -0.4 is 0 Å². The molecule has 166 valence electrons. The molecule has 28 heavy (non-hydrogen) atoms. The predicted molar refractivity (Wildman–Crippen MR) is 124 cm³/mol. The van der Waals surface area contributed by atoms with Crippen LogP contribution in [0.4, 0.5) is 0 Å². The van der Waals surface area contributed by atoms with Crippen molar-refractivity contribution in [3.63, 3.8) is 0 Å². The Labute approximate surface area is 176 Å². The van der Waals surface area contributed by atoms with Crippen molar-refractivity contribution in [2.75, 3.05) is 0 Å². The van der Waals surface area contributed by atoms with Gasteiger partial charge in [0.05, 0.1) is 0 Å². The normalized spacial score (nSPS) is 11.5. The predicted octanol–water partition coefficient (Wildman–Crippen LogP) is 9.23. The van der Waals surface area contributed by atoms with Crippen LogP contribution >= 0.6 is 0 Å². The zero-order valence-electron chi connectivity index (χ0n) is 19.1. The van der Waals surface area contributed by atoms with Crippen LogP contribution in [0.5, 0.6) is 0 Å². The molecule has 0 atom stereocenters. The fraction of sp³-hybridized carbons (Fsp3) is 0.885. The topological polar surface area (TPSA) is 37.3 Å². The minimum absolute atomic E-state index is 0.343. The lowest BCUT2D eigenvalue weighted by Gasteiger charge is -2.03. The third-order valence-electron chi connectivity index (χ3n) is 5.65. The lowest BCUT2D eigenvalue weighted by Crippen LogP contribution is -1.93. The molecule has 0 bridgehead atoms. The minimum atomic E-state index is -0.653. The maximum atomic E-state index is 10.4. The van der Waals surface area contributed by atoms with Gasteiger partial charge in [0.1, 0.15) is 0 Å². The molecule has 0 aromatic heterocycles. The summed E-state index contributed by atoms with van der Waals surface area (Å²) in [5, 5.41) is 8.58. The SMILES string of the molecule is CCCCCCCCC=CCCCCCCCCCCCCCCCC(=O)O. The molecule has 0 amide bonds. The highest BCUT2D eigenvalue weighted by atomic mass is 16.4. The highest BCUT2D eigenvalue weighted by Crippen LogP contribution is 2.14. The summed E-state index contributed by atoms with van der Waals surface area (Å²) < 4.78 is 0. The van der Waals surface area contributed by atoms with Crippen molar-refractivity contribution in [3.05, 3.63) is 12.2 Å². The molecular weight excluding hydrogens is 344 g/mol. The molecule has 0 unspecified atom stereocenters. The molecule has 0 saturated carbocycles. The van der Waals surface area contributed by atoms with E-state index in [2.05, 4.69) is 19.1 Å². The van der Waals surface area contributed by atoms with Crippen LogP contribution in [-0.4, -0.2) is 11.1 Å². The maximum Gasteiger partial charge on any atom is 0.303 e. The van der Waals surface area contributed by atoms with Crippen LogP contribution in [0.15, 0.2) is 12.2 Å². The van der Waals surface area contributed by atoms with Crippen molar-refractivity contribution in [2.24, 2.45) is 0 Å². The highest BCUT2D eigenvalue weighted by molar-refractivity contribution is 5.66. The number of aliphatic carboxylic acids is 1. The number of carboxylic acid groups (broad SMARTS) is 1. The van der Waals surface area contributed by atoms with E-state index in [1.807, 2.05) is 0 Å². The van der Waals surface area contributed by atoms with Crippen LogP contribution in [0.25, 0.3) is 0 Å². The van der Waals surface area contributed by atoms with E-state index in [1.165, 1.54) is 122 Å². The second-order valence-corrected chi connectivity index (χ2v) is 8.56. The summed E-state index contributed by atoms with van der Waals surface area (Å²) in [5.41, 5.74) is 0. The molecule has 0 spiro atoms. The van der Waals surface area contributed by atoms with Crippen molar-refractivity contribution >= 4 is 5.97 Å². The summed E-state index contributed by atoms with van der Waals surface area (Å²) in [4.78, 5) is 10.4. The van der Waals surface area contributed by atoms with Gasteiger partial charge in [-0.3, -0.25) is 4.79 Å². The molecule has 0 fully saturated rings. The average molecular weight is 395 g/mol. The van der Waals surface area contributed by atoms with E-state index in [4.69, 9.17) is 5.11 Å². The van der Waals surface area contributed by atoms with Gasteiger partial charge in [-0.05, 0) is 32.1 Å². The summed E-state index contributed by atoms with van der Waals surface area (Å²) in [6.07, 6.45) is 33.0. The van der Waals surface area contributed by atoms with Crippen molar-refractivity contribution < 1.29 is 9.90 Å². The van der Waals surface area contributed by atoms with Crippen LogP contribution in [-0.2, 0) is 4.79 Å². The number of hydrogen-bond acceptors (Lipinski definition) is 1. The van der Waals surface area contributed by atoms with Gasteiger partial charge in [-0.25, -0.2) is 0 Å². The smallest absolute Gasteiger partial charge is 0.303 e. The molecule has 0 saturated heterocycles. The summed E-state index contributed by atoms with van der Waals surface area (Å²) in [6, 6.07) is 0. The Bertz CT molecular complexity index is 335. The summed E-state index contributed by atoms with van der Waals surface area (Å²) in [6.45, 7) is 2.28. The lowest BCUT2D eigenvalue weighted by molar-refractivity contribution is -0.137. The first-order valence-electron chi connectivity index (χ1n) is 12.6. The molecular formula is C26H50O2. The third kappa shape index (κ3) is 25.2. The van der Waals surface area contributed by atoms with Crippen LogP contribution in [0.1, 0.15) is 148 Å². The van der Waals surface area contributed by atoms with E-state index < -0.39 is 5.97 Å². The van der Waals surface area contributed by atoms with E-state index in [0.717, 1.165) is 12.8 Å². The Hall–Kier alpha value is -0.790. The molecule has 0 radical (unpaired) electrons. The van der Waals surface area contributed by atoms with Gasteiger partial charge in [-0.1, -0.05) is 122 Å². The van der Waals surface area contributed by atoms with Crippen LogP contribution in [0.2, 0.25) is 0 Å². The molecule has 2 nitrogen and oxygen atoms in total. The van der Waals surface area contributed by atoms with E-state index >= 15 is 0 Å². The second-order valence-electron chi connectivity index (χ2n) is 8.56. The standard InChI is InChI=1S/C26H50O2/c1-2-3-4-5-6-7-8-9-10-11-12-13-14-15-16-17-18-19-20-21-22-23-24-25-26(27)28/h9-10H,2-8,11-25H2,1H3,(H,27,28). The first kappa shape index (κ1) is 27.2. The van der Waals surface area contributed by atoms with E-state index in [0.29, 0.717) is 6.42 Å². The van der Waals surface area contributed by atoms with Crippen molar-refractivity contribution in [1.29, 1.82) is 0 Å². The zero-order chi connectivity index (χ0) is 20.5. The Morgan fingerprint density at radius 1 is 0.536 bits per heavy atom. The first-order chi connectivity index (χ1) is 13.8. The Balaban J connectivity index is 3.06. The van der Waals surface area contributed by atoms with Crippen molar-refractivity contribution in [1.82, 2.24) is 0 Å². The molecule has 0 aliphatic heterocycles. The number of hydrogen-bond donors (Lipinski definition) is 1. The highest BCUT2D eigenvalue weighted by Gasteiger charge is 1.97. The molecule has 0 rings (SSSR count). The first-order valence-corrected chi connectivity index (χ1v) is 12.6. The Kier molecular flexibility index (Phi) is 23.6. The number of rotatable bonds is 23. The van der Waals surface area contributed by atoms with Gasteiger partial charge in [0.25, 0.3) is 0 Å². The summed E-state index contributed by atoms with van der Waals surface area (Å²) in [5.74, 6) is -0.653. The summed E-state index contributed by atoms with van der Waals surface area (Å²) in [7, 11) is 0. The molecule has 0 aliphatic carbocycles. The molecule has 2 heteroatoms. The van der Waals surface area contributed by atoms with E-state index in [1.54, 1.807) is 0 Å². The van der Waals surface area contributed by atoms with Gasteiger partial charge >= 0.3 is 5.97 Å². The van der Waals surface area contributed by atoms with Crippen molar-refractivity contribution in [2.45, 2.75) is 148 Å².